The number of aliphatic hydroxyl groups is 1. The van der Waals surface area contributed by atoms with Crippen molar-refractivity contribution in [3.8, 4) is 0 Å². The summed E-state index contributed by atoms with van der Waals surface area (Å²) in [5, 5.41) is 15.6. The number of carbonyl (C=O) groups is 1. The summed E-state index contributed by atoms with van der Waals surface area (Å²) in [6.45, 7) is 2.69. The molecule has 0 aromatic heterocycles. The van der Waals surface area contributed by atoms with Gasteiger partial charge in [-0.3, -0.25) is 4.79 Å². The molecule has 1 amide bonds. The van der Waals surface area contributed by atoms with Gasteiger partial charge in [0, 0.05) is 18.5 Å². The fourth-order valence-corrected chi connectivity index (χ4v) is 5.81. The summed E-state index contributed by atoms with van der Waals surface area (Å²) in [5.41, 5.74) is -0.616. The van der Waals surface area contributed by atoms with E-state index in [0.29, 0.717) is 5.92 Å². The van der Waals surface area contributed by atoms with Gasteiger partial charge >= 0.3 is 0 Å². The van der Waals surface area contributed by atoms with Gasteiger partial charge in [0.15, 0.2) is 5.60 Å². The van der Waals surface area contributed by atoms with Gasteiger partial charge in [0.25, 0.3) is 5.91 Å². The van der Waals surface area contributed by atoms with Crippen LogP contribution in [0.2, 0.25) is 0 Å². The van der Waals surface area contributed by atoms with Crippen LogP contribution in [-0.2, 0) is 10.4 Å². The molecule has 0 radical (unpaired) electrons. The Morgan fingerprint density at radius 3 is 2.23 bits per heavy atom. The molecule has 30 heavy (non-hydrogen) atoms. The van der Waals surface area contributed by atoms with E-state index in [1.807, 2.05) is 30.3 Å². The minimum Gasteiger partial charge on any atom is -0.375 e. The summed E-state index contributed by atoms with van der Waals surface area (Å²) >= 11 is 0. The van der Waals surface area contributed by atoms with Crippen molar-refractivity contribution in [1.82, 2.24) is 10.2 Å². The van der Waals surface area contributed by atoms with E-state index < -0.39 is 5.60 Å². The zero-order valence-corrected chi connectivity index (χ0v) is 18.3. The zero-order chi connectivity index (χ0) is 20.8. The maximum absolute atomic E-state index is 14.3. The highest BCUT2D eigenvalue weighted by molar-refractivity contribution is 5.87. The maximum Gasteiger partial charge on any atom is 0.259 e. The lowest BCUT2D eigenvalue weighted by atomic mass is 9.78. The third kappa shape index (κ3) is 4.65. The molecule has 2 aliphatic carbocycles. The van der Waals surface area contributed by atoms with Gasteiger partial charge in [-0.1, -0.05) is 55.3 Å². The number of nitrogens with zero attached hydrogens (tertiary/aromatic N) is 1. The second-order valence-electron chi connectivity index (χ2n) is 9.54. The summed E-state index contributed by atoms with van der Waals surface area (Å²) in [4.78, 5) is 16.4. The Bertz CT molecular complexity index is 697. The standard InChI is InChI=1S/C26H38N2O2/c29-25(26(30,23-14-8-9-15-23)22-12-6-3-7-13-22)28(24-16-18-27-19-17-24)20-21-10-4-1-2-5-11-21/h1-3,6-7,12-13,21,23-24,27,30H,4-5,8-11,14-20H2. The number of piperidine rings is 1. The zero-order valence-electron chi connectivity index (χ0n) is 18.3. The Kier molecular flexibility index (Phi) is 7.27. The van der Waals surface area contributed by atoms with Gasteiger partial charge in [-0.2, -0.15) is 0 Å². The van der Waals surface area contributed by atoms with Gasteiger partial charge in [0.05, 0.1) is 0 Å². The summed E-state index contributed by atoms with van der Waals surface area (Å²) in [6.07, 6.45) is 15.1. The first kappa shape index (κ1) is 21.6. The minimum absolute atomic E-state index is 0.0208. The van der Waals surface area contributed by atoms with Crippen molar-refractivity contribution in [2.45, 2.75) is 75.9 Å². The van der Waals surface area contributed by atoms with Gasteiger partial charge in [-0.05, 0) is 75.9 Å². The number of hydrogen-bond acceptors (Lipinski definition) is 3. The summed E-state index contributed by atoms with van der Waals surface area (Å²) in [5.74, 6) is 0.500. The van der Waals surface area contributed by atoms with Crippen LogP contribution in [0.5, 0.6) is 0 Å². The normalized spacial score (nSPS) is 23.8. The number of amides is 1. The molecule has 0 spiro atoms. The Morgan fingerprint density at radius 2 is 1.60 bits per heavy atom. The molecule has 1 saturated heterocycles. The molecular weight excluding hydrogens is 372 g/mol. The Balaban J connectivity index is 1.64. The quantitative estimate of drug-likeness (QED) is 0.684. The third-order valence-electron chi connectivity index (χ3n) is 7.60. The van der Waals surface area contributed by atoms with Gasteiger partial charge in [-0.15, -0.1) is 0 Å². The van der Waals surface area contributed by atoms with Crippen molar-refractivity contribution in [3.63, 3.8) is 0 Å². The average Bonchev–Trinajstić information content (AvgIpc) is 3.23. The topological polar surface area (TPSA) is 52.6 Å². The highest BCUT2D eigenvalue weighted by Gasteiger charge is 2.49. The molecular formula is C26H38N2O2. The van der Waals surface area contributed by atoms with E-state index in [0.717, 1.165) is 89.4 Å². The number of benzene rings is 1. The third-order valence-corrected chi connectivity index (χ3v) is 7.60. The molecule has 1 unspecified atom stereocenters. The molecule has 1 aliphatic heterocycles. The van der Waals surface area contributed by atoms with Crippen molar-refractivity contribution in [1.29, 1.82) is 0 Å². The van der Waals surface area contributed by atoms with Crippen molar-refractivity contribution >= 4 is 5.91 Å². The first-order valence-electron chi connectivity index (χ1n) is 12.1. The lowest BCUT2D eigenvalue weighted by Gasteiger charge is -2.43. The highest BCUT2D eigenvalue weighted by atomic mass is 16.3. The second kappa shape index (κ2) is 10.1. The predicted octanol–water partition coefficient (Wildman–Crippen LogP) is 4.39. The van der Waals surface area contributed by atoms with E-state index in [1.165, 1.54) is 0 Å². The largest absolute Gasteiger partial charge is 0.375 e. The van der Waals surface area contributed by atoms with Crippen molar-refractivity contribution < 1.29 is 9.90 Å². The SMILES string of the molecule is O=C(N(CC1CCC=CCC1)C1CCNCC1)C(O)(c1ccccc1)C1CCCC1. The number of allylic oxidation sites excluding steroid dienone is 2. The van der Waals surface area contributed by atoms with Gasteiger partial charge in [-0.25, -0.2) is 0 Å². The second-order valence-corrected chi connectivity index (χ2v) is 9.54. The number of carbonyl (C=O) groups excluding carboxylic acids is 1. The molecule has 4 heteroatoms. The molecule has 2 N–H and O–H groups in total. The van der Waals surface area contributed by atoms with E-state index in [4.69, 9.17) is 0 Å². The predicted molar refractivity (Wildman–Crippen MR) is 121 cm³/mol. The highest BCUT2D eigenvalue weighted by Crippen LogP contribution is 2.42. The van der Waals surface area contributed by atoms with Crippen LogP contribution in [-0.4, -0.2) is 41.6 Å². The Morgan fingerprint density at radius 1 is 0.967 bits per heavy atom. The summed E-state index contributed by atoms with van der Waals surface area (Å²) in [6, 6.07) is 10.00. The van der Waals surface area contributed by atoms with E-state index >= 15 is 0 Å². The van der Waals surface area contributed by atoms with Crippen LogP contribution in [0.3, 0.4) is 0 Å². The number of hydrogen-bond donors (Lipinski definition) is 2. The van der Waals surface area contributed by atoms with Crippen LogP contribution in [0.15, 0.2) is 42.5 Å². The van der Waals surface area contributed by atoms with Crippen LogP contribution in [0.25, 0.3) is 0 Å². The Labute approximate surface area is 181 Å². The fourth-order valence-electron chi connectivity index (χ4n) is 5.81. The van der Waals surface area contributed by atoms with Crippen LogP contribution >= 0.6 is 0 Å². The summed E-state index contributed by atoms with van der Waals surface area (Å²) < 4.78 is 0. The average molecular weight is 411 g/mol. The first-order valence-corrected chi connectivity index (χ1v) is 12.1. The molecule has 4 rings (SSSR count). The smallest absolute Gasteiger partial charge is 0.259 e. The monoisotopic (exact) mass is 410 g/mol. The molecule has 3 aliphatic rings. The van der Waals surface area contributed by atoms with Gasteiger partial charge in [0.1, 0.15) is 0 Å². The minimum atomic E-state index is -1.40. The fraction of sp³-hybridized carbons (Fsp3) is 0.654. The molecule has 1 saturated carbocycles. The summed E-state index contributed by atoms with van der Waals surface area (Å²) in [7, 11) is 0. The van der Waals surface area contributed by atoms with Gasteiger partial charge < -0.3 is 15.3 Å². The molecule has 1 aromatic carbocycles. The lowest BCUT2D eigenvalue weighted by Crippen LogP contribution is -2.57. The molecule has 0 bridgehead atoms. The van der Waals surface area contributed by atoms with E-state index in [2.05, 4.69) is 22.4 Å². The van der Waals surface area contributed by atoms with E-state index in [1.54, 1.807) is 0 Å². The van der Waals surface area contributed by atoms with Crippen LogP contribution < -0.4 is 5.32 Å². The van der Waals surface area contributed by atoms with E-state index in [9.17, 15) is 9.90 Å². The maximum atomic E-state index is 14.3. The molecule has 1 heterocycles. The van der Waals surface area contributed by atoms with E-state index in [-0.39, 0.29) is 17.9 Å². The molecule has 1 atom stereocenters. The molecule has 164 valence electrons. The van der Waals surface area contributed by atoms with Crippen molar-refractivity contribution in [2.75, 3.05) is 19.6 Å². The molecule has 1 aromatic rings. The van der Waals surface area contributed by atoms with Crippen LogP contribution in [0, 0.1) is 11.8 Å². The number of rotatable bonds is 6. The van der Waals surface area contributed by atoms with Crippen LogP contribution in [0.4, 0.5) is 0 Å². The number of nitrogens with one attached hydrogen (secondary N) is 1. The van der Waals surface area contributed by atoms with Crippen molar-refractivity contribution in [2.24, 2.45) is 11.8 Å². The van der Waals surface area contributed by atoms with Crippen molar-refractivity contribution in [3.05, 3.63) is 48.0 Å². The lowest BCUT2D eigenvalue weighted by molar-refractivity contribution is -0.163. The molecule has 2 fully saturated rings. The first-order chi connectivity index (χ1) is 14.7. The molecule has 4 nitrogen and oxygen atoms in total. The Hall–Kier alpha value is -1.65. The van der Waals surface area contributed by atoms with Crippen LogP contribution in [0.1, 0.15) is 69.8 Å². The van der Waals surface area contributed by atoms with Gasteiger partial charge in [0.2, 0.25) is 0 Å².